The fourth-order valence-corrected chi connectivity index (χ4v) is 1.89. The minimum Gasteiger partial charge on any atom is -0.481 e. The Balaban J connectivity index is 2.11. The van der Waals surface area contributed by atoms with Gasteiger partial charge in [0.15, 0.2) is 0 Å². The molecule has 1 saturated carbocycles. The second-order valence-corrected chi connectivity index (χ2v) is 6.23. The van der Waals surface area contributed by atoms with Crippen LogP contribution >= 0.6 is 0 Å². The molecule has 0 aromatic heterocycles. The summed E-state index contributed by atoms with van der Waals surface area (Å²) in [6, 6.07) is -0.582. The number of hydrogen-bond donors (Lipinski definition) is 3. The highest BCUT2D eigenvalue weighted by molar-refractivity contribution is 5.94. The van der Waals surface area contributed by atoms with E-state index < -0.39 is 23.3 Å². The van der Waals surface area contributed by atoms with Crippen molar-refractivity contribution in [2.45, 2.75) is 39.5 Å². The Bertz CT molecular complexity index is 391. The van der Waals surface area contributed by atoms with E-state index in [4.69, 9.17) is 9.84 Å². The number of carboxylic acids is 1. The summed E-state index contributed by atoms with van der Waals surface area (Å²) in [5.41, 5.74) is -0.691. The van der Waals surface area contributed by atoms with Gasteiger partial charge in [0.2, 0.25) is 5.91 Å². The van der Waals surface area contributed by atoms with Crippen LogP contribution in [-0.2, 0) is 14.3 Å². The number of nitrogens with one attached hydrogen (secondary N) is 2. The van der Waals surface area contributed by atoms with Crippen molar-refractivity contribution in [1.29, 1.82) is 0 Å². The lowest BCUT2D eigenvalue weighted by molar-refractivity contribution is -0.139. The average molecular weight is 300 g/mol. The maximum Gasteiger partial charge on any atom is 0.321 e. The average Bonchev–Trinajstić information content (AvgIpc) is 3.09. The SMILES string of the molecule is CC(C)(CC(=O)O)CC(=O)NC(=O)NCCOCC1CC1. The summed E-state index contributed by atoms with van der Waals surface area (Å²) >= 11 is 0. The molecule has 3 amide bonds. The van der Waals surface area contributed by atoms with Crippen molar-refractivity contribution < 1.29 is 24.2 Å². The van der Waals surface area contributed by atoms with Gasteiger partial charge < -0.3 is 15.2 Å². The lowest BCUT2D eigenvalue weighted by Gasteiger charge is -2.21. The predicted octanol–water partition coefficient (Wildman–Crippen LogP) is 1.13. The number of rotatable bonds is 9. The van der Waals surface area contributed by atoms with E-state index in [1.807, 2.05) is 0 Å². The van der Waals surface area contributed by atoms with Crippen LogP contribution in [0.5, 0.6) is 0 Å². The molecular weight excluding hydrogens is 276 g/mol. The van der Waals surface area contributed by atoms with Crippen molar-refractivity contribution in [2.24, 2.45) is 11.3 Å². The molecule has 3 N–H and O–H groups in total. The van der Waals surface area contributed by atoms with Crippen molar-refractivity contribution in [2.75, 3.05) is 19.8 Å². The van der Waals surface area contributed by atoms with Crippen molar-refractivity contribution >= 4 is 17.9 Å². The third-order valence-corrected chi connectivity index (χ3v) is 3.10. The number of urea groups is 1. The van der Waals surface area contributed by atoms with Crippen LogP contribution in [0.25, 0.3) is 0 Å². The zero-order valence-corrected chi connectivity index (χ0v) is 12.6. The third-order valence-electron chi connectivity index (χ3n) is 3.10. The monoisotopic (exact) mass is 300 g/mol. The van der Waals surface area contributed by atoms with E-state index in [1.54, 1.807) is 13.8 Å². The van der Waals surface area contributed by atoms with Gasteiger partial charge in [-0.25, -0.2) is 4.79 Å². The van der Waals surface area contributed by atoms with Gasteiger partial charge in [0.05, 0.1) is 13.0 Å². The molecule has 0 aromatic carbocycles. The number of carbonyl (C=O) groups excluding carboxylic acids is 2. The summed E-state index contributed by atoms with van der Waals surface area (Å²) < 4.78 is 5.34. The minimum atomic E-state index is -0.968. The summed E-state index contributed by atoms with van der Waals surface area (Å²) in [4.78, 5) is 33.7. The summed E-state index contributed by atoms with van der Waals surface area (Å²) in [5.74, 6) is -0.778. The smallest absolute Gasteiger partial charge is 0.321 e. The van der Waals surface area contributed by atoms with Crippen molar-refractivity contribution in [3.63, 3.8) is 0 Å². The standard InChI is InChI=1S/C14H24N2O5/c1-14(2,8-12(18)19)7-11(17)16-13(20)15-5-6-21-9-10-3-4-10/h10H,3-9H2,1-2H3,(H,18,19)(H2,15,16,17,20). The second-order valence-electron chi connectivity index (χ2n) is 6.23. The van der Waals surface area contributed by atoms with Crippen LogP contribution in [0.4, 0.5) is 4.79 Å². The minimum absolute atomic E-state index is 0.0229. The van der Waals surface area contributed by atoms with Gasteiger partial charge in [0, 0.05) is 19.6 Å². The Labute approximate surface area is 124 Å². The van der Waals surface area contributed by atoms with E-state index in [0.717, 1.165) is 6.61 Å². The molecule has 0 spiro atoms. The molecule has 0 atom stereocenters. The molecule has 0 radical (unpaired) electrons. The zero-order valence-electron chi connectivity index (χ0n) is 12.6. The molecule has 120 valence electrons. The Hall–Kier alpha value is -1.63. The first kappa shape index (κ1) is 17.4. The van der Waals surface area contributed by atoms with Gasteiger partial charge in [-0.1, -0.05) is 13.8 Å². The highest BCUT2D eigenvalue weighted by atomic mass is 16.5. The van der Waals surface area contributed by atoms with E-state index >= 15 is 0 Å². The Morgan fingerprint density at radius 2 is 1.90 bits per heavy atom. The summed E-state index contributed by atoms with van der Waals surface area (Å²) in [6.07, 6.45) is 2.28. The normalized spacial score (nSPS) is 14.6. The first-order chi connectivity index (χ1) is 9.78. The Morgan fingerprint density at radius 3 is 2.48 bits per heavy atom. The molecule has 0 aliphatic heterocycles. The van der Waals surface area contributed by atoms with Crippen LogP contribution in [0, 0.1) is 11.3 Å². The Morgan fingerprint density at radius 1 is 1.24 bits per heavy atom. The van der Waals surface area contributed by atoms with Crippen LogP contribution in [0.3, 0.4) is 0 Å². The number of ether oxygens (including phenoxy) is 1. The van der Waals surface area contributed by atoms with Crippen LogP contribution in [-0.4, -0.2) is 42.8 Å². The van der Waals surface area contributed by atoms with E-state index in [2.05, 4.69) is 10.6 Å². The molecule has 7 heteroatoms. The molecule has 1 aliphatic rings. The van der Waals surface area contributed by atoms with Gasteiger partial charge in [-0.05, 0) is 24.2 Å². The van der Waals surface area contributed by atoms with Gasteiger partial charge in [0.1, 0.15) is 0 Å². The molecule has 21 heavy (non-hydrogen) atoms. The summed E-state index contributed by atoms with van der Waals surface area (Å²) in [6.45, 7) is 4.83. The highest BCUT2D eigenvalue weighted by Gasteiger charge is 2.26. The Kier molecular flexibility index (Phi) is 6.61. The summed E-state index contributed by atoms with van der Waals surface area (Å²) in [7, 11) is 0. The van der Waals surface area contributed by atoms with Gasteiger partial charge in [-0.3, -0.25) is 14.9 Å². The number of aliphatic carboxylic acids is 1. The first-order valence-electron chi connectivity index (χ1n) is 7.16. The third kappa shape index (κ3) is 9.01. The number of amides is 3. The molecule has 0 heterocycles. The van der Waals surface area contributed by atoms with E-state index in [-0.39, 0.29) is 12.8 Å². The first-order valence-corrected chi connectivity index (χ1v) is 7.16. The van der Waals surface area contributed by atoms with Crippen LogP contribution in [0.1, 0.15) is 39.5 Å². The lowest BCUT2D eigenvalue weighted by Crippen LogP contribution is -2.42. The number of imide groups is 1. The fourth-order valence-electron chi connectivity index (χ4n) is 1.89. The number of carboxylic acid groups (broad SMARTS) is 1. The second kappa shape index (κ2) is 7.97. The molecule has 1 fully saturated rings. The van der Waals surface area contributed by atoms with Crippen LogP contribution in [0.15, 0.2) is 0 Å². The highest BCUT2D eigenvalue weighted by Crippen LogP contribution is 2.28. The molecule has 0 saturated heterocycles. The molecule has 7 nitrogen and oxygen atoms in total. The van der Waals surface area contributed by atoms with Crippen molar-refractivity contribution in [3.8, 4) is 0 Å². The largest absolute Gasteiger partial charge is 0.481 e. The number of hydrogen-bond acceptors (Lipinski definition) is 4. The van der Waals surface area contributed by atoms with E-state index in [1.165, 1.54) is 12.8 Å². The zero-order chi connectivity index (χ0) is 15.9. The van der Waals surface area contributed by atoms with Gasteiger partial charge in [-0.2, -0.15) is 0 Å². The van der Waals surface area contributed by atoms with E-state index in [9.17, 15) is 14.4 Å². The molecule has 0 unspecified atom stereocenters. The predicted molar refractivity (Wildman–Crippen MR) is 75.7 cm³/mol. The lowest BCUT2D eigenvalue weighted by atomic mass is 9.85. The maximum absolute atomic E-state index is 11.6. The van der Waals surface area contributed by atoms with Crippen molar-refractivity contribution in [1.82, 2.24) is 10.6 Å². The fraction of sp³-hybridized carbons (Fsp3) is 0.786. The molecule has 1 rings (SSSR count). The maximum atomic E-state index is 11.6. The molecule has 0 bridgehead atoms. The quantitative estimate of drug-likeness (QED) is 0.554. The van der Waals surface area contributed by atoms with Crippen molar-refractivity contribution in [3.05, 3.63) is 0 Å². The molecule has 1 aliphatic carbocycles. The topological polar surface area (TPSA) is 105 Å². The number of carbonyl (C=O) groups is 3. The van der Waals surface area contributed by atoms with Crippen LogP contribution in [0.2, 0.25) is 0 Å². The van der Waals surface area contributed by atoms with Gasteiger partial charge in [0.25, 0.3) is 0 Å². The van der Waals surface area contributed by atoms with Gasteiger partial charge in [-0.15, -0.1) is 0 Å². The molecular formula is C14H24N2O5. The summed E-state index contributed by atoms with van der Waals surface area (Å²) in [5, 5.41) is 13.4. The van der Waals surface area contributed by atoms with Gasteiger partial charge >= 0.3 is 12.0 Å². The van der Waals surface area contributed by atoms with Crippen LogP contribution < -0.4 is 10.6 Å². The molecule has 0 aromatic rings. The van der Waals surface area contributed by atoms with E-state index in [0.29, 0.717) is 19.1 Å².